The summed E-state index contributed by atoms with van der Waals surface area (Å²) in [4.78, 5) is 25.9. The highest BCUT2D eigenvalue weighted by atomic mass is 28.3. The van der Waals surface area contributed by atoms with Gasteiger partial charge in [-0.2, -0.15) is 0 Å². The molecular weight excluding hydrogens is 444 g/mol. The van der Waals surface area contributed by atoms with Crippen LogP contribution in [0.4, 0.5) is 5.69 Å². The lowest BCUT2D eigenvalue weighted by Gasteiger charge is -2.38. The summed E-state index contributed by atoms with van der Waals surface area (Å²) in [6.07, 6.45) is 6.25. The van der Waals surface area contributed by atoms with E-state index < -0.39 is 20.0 Å². The Bertz CT molecular complexity index is 1370. The number of rotatable bonds is 4. The molecule has 0 amide bonds. The Morgan fingerprint density at radius 3 is 2.29 bits per heavy atom. The fraction of sp³-hybridized carbons (Fsp3) is 0.222. The van der Waals surface area contributed by atoms with Crippen molar-refractivity contribution in [2.45, 2.75) is 13.1 Å². The van der Waals surface area contributed by atoms with Gasteiger partial charge in [0.1, 0.15) is 22.2 Å². The molecular formula is C27H28N2O4Si. The summed E-state index contributed by atoms with van der Waals surface area (Å²) < 4.78 is 2.05. The van der Waals surface area contributed by atoms with Crippen molar-refractivity contribution < 1.29 is 24.4 Å². The molecule has 6 nitrogen and oxygen atoms in total. The molecule has 1 N–H and O–H groups in total. The lowest BCUT2D eigenvalue weighted by molar-refractivity contribution is -0.462. The highest BCUT2D eigenvalue weighted by Gasteiger charge is 2.41. The molecule has 34 heavy (non-hydrogen) atoms. The number of anilines is 1. The van der Waals surface area contributed by atoms with Gasteiger partial charge in [0.05, 0.1) is 11.5 Å². The standard InChI is InChI=1S/C27H28N2O4Si/c1-28(2)17-8-11-20-23(14-17)34(5,6)24-15-18(29(3)4)9-12-21(24)25(20)22-13-16(26(30)31)7-10-19(22)27(32)33/h7-15H,1-6H3,(H-,30,31,32,33). The monoisotopic (exact) mass is 472 g/mol. The van der Waals surface area contributed by atoms with Crippen LogP contribution in [0.25, 0.3) is 5.57 Å². The molecule has 0 unspecified atom stereocenters. The number of nitrogens with zero attached hydrogens (tertiary/aromatic N) is 2. The number of carboxylic acids is 2. The number of carbonyl (C=O) groups excluding carboxylic acids is 1. The summed E-state index contributed by atoms with van der Waals surface area (Å²) in [7, 11) is 5.78. The molecule has 1 aliphatic heterocycles. The van der Waals surface area contributed by atoms with Gasteiger partial charge in [0, 0.05) is 31.9 Å². The Kier molecular flexibility index (Phi) is 5.69. The van der Waals surface area contributed by atoms with E-state index in [0.29, 0.717) is 5.56 Å². The molecule has 0 saturated heterocycles. The number of allylic oxidation sites excluding steroid dienone is 5. The maximum atomic E-state index is 12.2. The van der Waals surface area contributed by atoms with Gasteiger partial charge >= 0.3 is 5.97 Å². The Labute approximate surface area is 200 Å². The van der Waals surface area contributed by atoms with Gasteiger partial charge in [0.2, 0.25) is 0 Å². The maximum absolute atomic E-state index is 12.2. The van der Waals surface area contributed by atoms with Gasteiger partial charge in [-0.3, -0.25) is 0 Å². The first kappa shape index (κ1) is 23.4. The van der Waals surface area contributed by atoms with Crippen LogP contribution in [0.5, 0.6) is 0 Å². The van der Waals surface area contributed by atoms with Crippen molar-refractivity contribution in [3.63, 3.8) is 0 Å². The average Bonchev–Trinajstić information content (AvgIpc) is 2.78. The minimum atomic E-state index is -2.19. The third-order valence-corrected chi connectivity index (χ3v) is 10.2. The van der Waals surface area contributed by atoms with Gasteiger partial charge in [-0.15, -0.1) is 0 Å². The normalized spacial score (nSPS) is 15.9. The van der Waals surface area contributed by atoms with E-state index in [1.807, 2.05) is 52.5 Å². The molecule has 2 aromatic rings. The third-order valence-electron chi connectivity index (χ3n) is 6.68. The van der Waals surface area contributed by atoms with Crippen LogP contribution in [0.3, 0.4) is 0 Å². The first-order valence-electron chi connectivity index (χ1n) is 11.0. The molecule has 1 aliphatic carbocycles. The van der Waals surface area contributed by atoms with Gasteiger partial charge < -0.3 is 19.9 Å². The van der Waals surface area contributed by atoms with Crippen molar-refractivity contribution in [1.82, 2.24) is 0 Å². The summed E-state index contributed by atoms with van der Waals surface area (Å²) in [5.41, 5.74) is 5.17. The Morgan fingerprint density at radius 2 is 1.71 bits per heavy atom. The minimum Gasteiger partial charge on any atom is -0.545 e. The maximum Gasteiger partial charge on any atom is 0.336 e. The molecule has 0 saturated carbocycles. The predicted molar refractivity (Wildman–Crippen MR) is 136 cm³/mol. The number of hydrogen-bond acceptors (Lipinski definition) is 4. The van der Waals surface area contributed by atoms with Crippen molar-refractivity contribution in [3.8, 4) is 0 Å². The highest BCUT2D eigenvalue weighted by molar-refractivity contribution is 6.98. The number of aromatic carboxylic acids is 2. The van der Waals surface area contributed by atoms with Gasteiger partial charge in [-0.25, -0.2) is 9.37 Å². The van der Waals surface area contributed by atoms with Crippen molar-refractivity contribution in [2.24, 2.45) is 0 Å². The second-order valence-corrected chi connectivity index (χ2v) is 13.9. The quantitative estimate of drug-likeness (QED) is 0.545. The molecule has 0 spiro atoms. The molecule has 7 heteroatoms. The molecule has 0 bridgehead atoms. The minimum absolute atomic E-state index is 0.0486. The highest BCUT2D eigenvalue weighted by Crippen LogP contribution is 2.42. The van der Waals surface area contributed by atoms with Crippen LogP contribution in [-0.4, -0.2) is 63.6 Å². The largest absolute Gasteiger partial charge is 0.545 e. The lowest BCUT2D eigenvalue weighted by atomic mass is 9.86. The molecule has 174 valence electrons. The van der Waals surface area contributed by atoms with Crippen LogP contribution in [0.15, 0.2) is 65.4 Å². The fourth-order valence-electron chi connectivity index (χ4n) is 4.74. The molecule has 2 aromatic carbocycles. The fourth-order valence-corrected chi connectivity index (χ4v) is 7.81. The van der Waals surface area contributed by atoms with E-state index in [1.54, 1.807) is 0 Å². The zero-order chi connectivity index (χ0) is 24.9. The van der Waals surface area contributed by atoms with E-state index in [0.717, 1.165) is 28.1 Å². The molecule has 1 heterocycles. The first-order valence-corrected chi connectivity index (χ1v) is 14.0. The average molecular weight is 473 g/mol. The third kappa shape index (κ3) is 3.72. The summed E-state index contributed by atoms with van der Waals surface area (Å²) in [6.45, 7) is 4.60. The second-order valence-electron chi connectivity index (χ2n) is 9.60. The zero-order valence-electron chi connectivity index (χ0n) is 20.3. The number of benzene rings is 2. The van der Waals surface area contributed by atoms with Crippen molar-refractivity contribution >= 4 is 42.2 Å². The van der Waals surface area contributed by atoms with Crippen LogP contribution < -0.4 is 15.2 Å². The van der Waals surface area contributed by atoms with E-state index in [1.165, 1.54) is 28.6 Å². The number of carboxylic acid groups (broad SMARTS) is 2. The SMILES string of the molecule is CN(C)c1ccc2c(c1)[Si](C)(C)C1=CC(=[N+](C)C)C=CC1=C2c1cc(C(=O)[O-])ccc1C(=O)O. The Morgan fingerprint density at radius 1 is 1.00 bits per heavy atom. The Balaban J connectivity index is 2.17. The van der Waals surface area contributed by atoms with E-state index in [2.05, 4.69) is 34.7 Å². The molecule has 0 radical (unpaired) electrons. The lowest BCUT2D eigenvalue weighted by Crippen LogP contribution is -2.49. The zero-order valence-corrected chi connectivity index (χ0v) is 21.3. The molecule has 0 fully saturated rings. The molecule has 0 aromatic heterocycles. The first-order chi connectivity index (χ1) is 15.9. The van der Waals surface area contributed by atoms with Gasteiger partial charge in [-0.1, -0.05) is 25.2 Å². The number of carbonyl (C=O) groups is 2. The molecule has 0 atom stereocenters. The summed E-state index contributed by atoms with van der Waals surface area (Å²) in [6, 6.07) is 10.3. The van der Waals surface area contributed by atoms with Crippen molar-refractivity contribution in [3.05, 3.63) is 87.6 Å². The van der Waals surface area contributed by atoms with Crippen LogP contribution in [0.1, 0.15) is 31.8 Å². The molecule has 4 rings (SSSR count). The van der Waals surface area contributed by atoms with Crippen LogP contribution >= 0.6 is 0 Å². The molecule has 2 aliphatic rings. The summed E-state index contributed by atoms with van der Waals surface area (Å²) in [5, 5.41) is 24.0. The van der Waals surface area contributed by atoms with Crippen LogP contribution in [0.2, 0.25) is 13.1 Å². The number of hydrogen-bond donors (Lipinski definition) is 1. The van der Waals surface area contributed by atoms with Gasteiger partial charge in [-0.05, 0) is 68.6 Å². The van der Waals surface area contributed by atoms with Crippen LogP contribution in [0, 0.1) is 0 Å². The summed E-state index contributed by atoms with van der Waals surface area (Å²) >= 11 is 0. The van der Waals surface area contributed by atoms with Crippen molar-refractivity contribution in [2.75, 3.05) is 33.1 Å². The van der Waals surface area contributed by atoms with Gasteiger partial charge in [0.15, 0.2) is 5.71 Å². The summed E-state index contributed by atoms with van der Waals surface area (Å²) in [5.74, 6) is -2.44. The predicted octanol–water partition coefficient (Wildman–Crippen LogP) is 2.29. The van der Waals surface area contributed by atoms with Crippen molar-refractivity contribution in [1.29, 1.82) is 0 Å². The smallest absolute Gasteiger partial charge is 0.336 e. The topological polar surface area (TPSA) is 83.7 Å². The number of fused-ring (bicyclic) bond motifs is 2. The van der Waals surface area contributed by atoms with Gasteiger partial charge in [0.25, 0.3) is 0 Å². The second kappa shape index (κ2) is 8.25. The van der Waals surface area contributed by atoms with E-state index in [4.69, 9.17) is 0 Å². The van der Waals surface area contributed by atoms with E-state index in [9.17, 15) is 19.8 Å². The van der Waals surface area contributed by atoms with E-state index in [-0.39, 0.29) is 11.1 Å². The van der Waals surface area contributed by atoms with E-state index >= 15 is 0 Å². The van der Waals surface area contributed by atoms with Crippen LogP contribution in [-0.2, 0) is 0 Å². The Hall–Kier alpha value is -3.71.